The highest BCUT2D eigenvalue weighted by atomic mass is 31.2. The second kappa shape index (κ2) is 37.0. The van der Waals surface area contributed by atoms with Gasteiger partial charge in [-0.25, -0.2) is 4.57 Å². The van der Waals surface area contributed by atoms with Crippen molar-refractivity contribution in [2.24, 2.45) is 0 Å². The topological polar surface area (TPSA) is 131 Å². The van der Waals surface area contributed by atoms with Crippen molar-refractivity contribution < 1.29 is 37.9 Å². The Kier molecular flexibility index (Phi) is 35.7. The first kappa shape index (κ1) is 48.2. The maximum absolute atomic E-state index is 12.1. The molecule has 3 N–H and O–H groups in total. The maximum atomic E-state index is 12.1. The highest BCUT2D eigenvalue weighted by Crippen LogP contribution is 2.42. The molecule has 9 nitrogen and oxygen atoms in total. The Labute approximate surface area is 305 Å². The van der Waals surface area contributed by atoms with E-state index in [1.54, 1.807) is 0 Å². The third kappa shape index (κ3) is 37.5. The minimum absolute atomic E-state index is 0.0800. The largest absolute Gasteiger partial charge is 0.472 e. The molecule has 2 atom stereocenters. The van der Waals surface area contributed by atoms with Gasteiger partial charge in [-0.1, -0.05) is 153 Å². The summed E-state index contributed by atoms with van der Waals surface area (Å²) in [7, 11) is -4.42. The quantitative estimate of drug-likeness (QED) is 0.0249. The van der Waals surface area contributed by atoms with Crippen molar-refractivity contribution >= 4 is 19.7 Å². The highest BCUT2D eigenvalue weighted by Gasteiger charge is 2.23. The number of hydrogen-bond donors (Lipinski definition) is 3. The van der Waals surface area contributed by atoms with Gasteiger partial charge in [0.05, 0.1) is 13.2 Å². The fourth-order valence-corrected chi connectivity index (χ4v) is 6.09. The van der Waals surface area contributed by atoms with Crippen LogP contribution in [0.1, 0.15) is 174 Å². The summed E-state index contributed by atoms with van der Waals surface area (Å²) in [5, 5.41) is 12.6. The zero-order valence-electron chi connectivity index (χ0n) is 31.8. The molecule has 0 saturated heterocycles. The van der Waals surface area contributed by atoms with Crippen LogP contribution in [0.4, 0.5) is 0 Å². The molecule has 10 heteroatoms. The Morgan fingerprint density at radius 3 is 1.72 bits per heavy atom. The zero-order chi connectivity index (χ0) is 36.8. The van der Waals surface area contributed by atoms with E-state index in [2.05, 4.69) is 55.6 Å². The van der Waals surface area contributed by atoms with E-state index in [-0.39, 0.29) is 32.1 Å². The number of ether oxygens (including phenoxy) is 1. The van der Waals surface area contributed by atoms with Crippen molar-refractivity contribution in [3.63, 3.8) is 0 Å². The number of phosphoric ester groups is 1. The first-order chi connectivity index (χ1) is 24.3. The molecular formula is C40H74NO8P. The SMILES string of the molecule is CC/C=C\C/C=C\C/C=C\CCCCCC(=O)OCC(O)COP(=O)(O)OCCNC(=O)CCCCCCCCCCCCCCCCCC. The molecule has 0 saturated carbocycles. The molecule has 0 spiro atoms. The first-order valence-electron chi connectivity index (χ1n) is 20.0. The van der Waals surface area contributed by atoms with Crippen LogP contribution < -0.4 is 5.32 Å². The summed E-state index contributed by atoms with van der Waals surface area (Å²) >= 11 is 0. The van der Waals surface area contributed by atoms with E-state index in [1.807, 2.05) is 0 Å². The second-order valence-electron chi connectivity index (χ2n) is 13.2. The highest BCUT2D eigenvalue weighted by molar-refractivity contribution is 7.47. The lowest BCUT2D eigenvalue weighted by Gasteiger charge is -2.15. The molecule has 0 aromatic carbocycles. The van der Waals surface area contributed by atoms with Gasteiger partial charge in [0.25, 0.3) is 0 Å². The smallest absolute Gasteiger partial charge is 0.463 e. The number of nitrogens with one attached hydrogen (secondary N) is 1. The van der Waals surface area contributed by atoms with Crippen LogP contribution in [0.5, 0.6) is 0 Å². The van der Waals surface area contributed by atoms with Crippen LogP contribution in [0.15, 0.2) is 36.5 Å². The molecule has 0 aliphatic rings. The summed E-state index contributed by atoms with van der Waals surface area (Å²) in [5.41, 5.74) is 0. The number of allylic oxidation sites excluding steroid dienone is 6. The third-order valence-corrected chi connectivity index (χ3v) is 9.32. The molecule has 0 heterocycles. The molecule has 2 unspecified atom stereocenters. The van der Waals surface area contributed by atoms with Gasteiger partial charge in [-0.3, -0.25) is 18.6 Å². The van der Waals surface area contributed by atoms with Crippen molar-refractivity contribution in [2.75, 3.05) is 26.4 Å². The zero-order valence-corrected chi connectivity index (χ0v) is 32.7. The van der Waals surface area contributed by atoms with Crippen LogP contribution in [-0.4, -0.2) is 54.3 Å². The Morgan fingerprint density at radius 1 is 0.640 bits per heavy atom. The van der Waals surface area contributed by atoms with Gasteiger partial charge in [-0.05, 0) is 44.9 Å². The van der Waals surface area contributed by atoms with Crippen molar-refractivity contribution in [3.8, 4) is 0 Å². The van der Waals surface area contributed by atoms with E-state index in [1.165, 1.54) is 83.5 Å². The lowest BCUT2D eigenvalue weighted by molar-refractivity contribution is -0.147. The summed E-state index contributed by atoms with van der Waals surface area (Å²) in [5.74, 6) is -0.544. The van der Waals surface area contributed by atoms with Gasteiger partial charge >= 0.3 is 13.8 Å². The lowest BCUT2D eigenvalue weighted by Crippen LogP contribution is -2.27. The van der Waals surface area contributed by atoms with E-state index >= 15 is 0 Å². The first-order valence-corrected chi connectivity index (χ1v) is 21.5. The van der Waals surface area contributed by atoms with E-state index in [0.717, 1.165) is 57.8 Å². The second-order valence-corrected chi connectivity index (χ2v) is 14.7. The molecule has 0 bridgehead atoms. The number of unbranched alkanes of at least 4 members (excludes halogenated alkanes) is 18. The summed E-state index contributed by atoms with van der Waals surface area (Å²) < 4.78 is 26.8. The predicted molar refractivity (Wildman–Crippen MR) is 206 cm³/mol. The number of hydrogen-bond acceptors (Lipinski definition) is 7. The van der Waals surface area contributed by atoms with Gasteiger partial charge in [-0.2, -0.15) is 0 Å². The summed E-state index contributed by atoms with van der Waals surface area (Å²) in [6, 6.07) is 0. The van der Waals surface area contributed by atoms with Gasteiger partial charge in [-0.15, -0.1) is 0 Å². The molecule has 292 valence electrons. The molecule has 0 radical (unpaired) electrons. The Hall–Kier alpha value is -1.77. The van der Waals surface area contributed by atoms with E-state index < -0.39 is 26.5 Å². The number of aliphatic hydroxyl groups is 1. The molecular weight excluding hydrogens is 653 g/mol. The fraction of sp³-hybridized carbons (Fsp3) is 0.800. The van der Waals surface area contributed by atoms with Gasteiger partial charge in [0, 0.05) is 19.4 Å². The predicted octanol–water partition coefficient (Wildman–Crippen LogP) is 10.6. The van der Waals surface area contributed by atoms with Crippen LogP contribution in [0.3, 0.4) is 0 Å². The lowest BCUT2D eigenvalue weighted by atomic mass is 10.0. The van der Waals surface area contributed by atoms with Gasteiger partial charge in [0.15, 0.2) is 0 Å². The van der Waals surface area contributed by atoms with Crippen molar-refractivity contribution in [1.29, 1.82) is 0 Å². The van der Waals surface area contributed by atoms with E-state index in [9.17, 15) is 24.2 Å². The minimum atomic E-state index is -4.42. The molecule has 0 aromatic rings. The Morgan fingerprint density at radius 2 is 1.14 bits per heavy atom. The minimum Gasteiger partial charge on any atom is -0.463 e. The molecule has 0 aliphatic carbocycles. The molecule has 1 amide bonds. The standard InChI is InChI=1S/C40H74NO8P/c1-3-5-7-9-11-13-15-17-18-19-21-22-24-26-28-30-32-39(43)41-34-35-48-50(45,46)49-37-38(42)36-47-40(44)33-31-29-27-25-23-20-16-14-12-10-8-6-4-2/h6,8,12,14,20,23,38,42H,3-5,7,9-11,13,15-19,21-22,24-37H2,1-2H3,(H,41,43)(H,45,46)/b8-6-,14-12-,23-20-. The monoisotopic (exact) mass is 728 g/mol. The number of rotatable bonds is 37. The van der Waals surface area contributed by atoms with E-state index in [0.29, 0.717) is 12.8 Å². The number of amides is 1. The number of carbonyl (C=O) groups is 2. The average molecular weight is 728 g/mol. The summed E-state index contributed by atoms with van der Waals surface area (Å²) in [6.07, 6.45) is 39.3. The Bertz CT molecular complexity index is 923. The molecule has 0 aliphatic heterocycles. The van der Waals surface area contributed by atoms with Crippen LogP contribution in [0.25, 0.3) is 0 Å². The average Bonchev–Trinajstić information content (AvgIpc) is 3.10. The number of aliphatic hydroxyl groups excluding tert-OH is 1. The van der Waals surface area contributed by atoms with Crippen molar-refractivity contribution in [2.45, 2.75) is 180 Å². The van der Waals surface area contributed by atoms with Gasteiger partial charge in [0.2, 0.25) is 5.91 Å². The number of esters is 1. The van der Waals surface area contributed by atoms with E-state index in [4.69, 9.17) is 13.8 Å². The molecule has 0 rings (SSSR count). The molecule has 50 heavy (non-hydrogen) atoms. The summed E-state index contributed by atoms with van der Waals surface area (Å²) in [4.78, 5) is 33.8. The normalized spacial score (nSPS) is 13.8. The fourth-order valence-electron chi connectivity index (χ4n) is 5.34. The van der Waals surface area contributed by atoms with Crippen LogP contribution >= 0.6 is 7.82 Å². The van der Waals surface area contributed by atoms with Gasteiger partial charge < -0.3 is 20.1 Å². The number of carbonyl (C=O) groups excluding carboxylic acids is 2. The third-order valence-electron chi connectivity index (χ3n) is 8.33. The number of phosphoric acid groups is 1. The van der Waals surface area contributed by atoms with Crippen molar-refractivity contribution in [3.05, 3.63) is 36.5 Å². The maximum Gasteiger partial charge on any atom is 0.472 e. The van der Waals surface area contributed by atoms with Crippen LogP contribution in [-0.2, 0) is 27.9 Å². The van der Waals surface area contributed by atoms with Crippen LogP contribution in [0, 0.1) is 0 Å². The van der Waals surface area contributed by atoms with Gasteiger partial charge in [0.1, 0.15) is 12.7 Å². The Balaban J connectivity index is 3.63. The van der Waals surface area contributed by atoms with Crippen molar-refractivity contribution in [1.82, 2.24) is 5.32 Å². The molecule has 0 fully saturated rings. The summed E-state index contributed by atoms with van der Waals surface area (Å²) in [6.45, 7) is 3.40. The van der Waals surface area contributed by atoms with Crippen LogP contribution in [0.2, 0.25) is 0 Å². The molecule has 0 aromatic heterocycles.